The molecule has 0 aliphatic heterocycles. The lowest BCUT2D eigenvalue weighted by atomic mass is 9.87. The summed E-state index contributed by atoms with van der Waals surface area (Å²) >= 11 is 0. The molecule has 0 heterocycles. The van der Waals surface area contributed by atoms with E-state index in [4.69, 9.17) is 5.11 Å². The van der Waals surface area contributed by atoms with E-state index in [1.807, 2.05) is 0 Å². The van der Waals surface area contributed by atoms with Gasteiger partial charge < -0.3 is 10.4 Å². The standard InChI is InChI=1S/C15H33NO/c1-6-13(3)11-14(7-2)16-12-15(4,5)9-8-10-17/h13-14,16-17H,6-12H2,1-5H3. The molecule has 2 unspecified atom stereocenters. The second-order valence-corrected chi connectivity index (χ2v) is 6.23. The zero-order valence-corrected chi connectivity index (χ0v) is 12.6. The number of hydrogen-bond acceptors (Lipinski definition) is 2. The molecule has 0 aliphatic rings. The van der Waals surface area contributed by atoms with Crippen molar-refractivity contribution in [2.75, 3.05) is 13.2 Å². The van der Waals surface area contributed by atoms with Gasteiger partial charge in [-0.3, -0.25) is 0 Å². The molecule has 0 fully saturated rings. The van der Waals surface area contributed by atoms with Crippen LogP contribution in [-0.4, -0.2) is 24.3 Å². The van der Waals surface area contributed by atoms with Crippen molar-refractivity contribution in [3.63, 3.8) is 0 Å². The van der Waals surface area contributed by atoms with Crippen molar-refractivity contribution in [3.8, 4) is 0 Å². The topological polar surface area (TPSA) is 32.3 Å². The van der Waals surface area contributed by atoms with Crippen molar-refractivity contribution in [3.05, 3.63) is 0 Å². The molecule has 2 atom stereocenters. The van der Waals surface area contributed by atoms with Gasteiger partial charge in [-0.05, 0) is 37.0 Å². The first kappa shape index (κ1) is 16.9. The average Bonchev–Trinajstić information content (AvgIpc) is 2.31. The van der Waals surface area contributed by atoms with E-state index in [1.165, 1.54) is 19.3 Å². The maximum atomic E-state index is 8.88. The predicted molar refractivity (Wildman–Crippen MR) is 76.3 cm³/mol. The average molecular weight is 243 g/mol. The molecule has 0 aliphatic carbocycles. The molecule has 0 aromatic rings. The lowest BCUT2D eigenvalue weighted by molar-refractivity contribution is 0.227. The molecule has 2 nitrogen and oxygen atoms in total. The molecule has 0 spiro atoms. The van der Waals surface area contributed by atoms with E-state index in [9.17, 15) is 0 Å². The number of aliphatic hydroxyl groups excluding tert-OH is 1. The highest BCUT2D eigenvalue weighted by atomic mass is 16.2. The molecule has 0 aromatic heterocycles. The van der Waals surface area contributed by atoms with Gasteiger partial charge in [0.05, 0.1) is 0 Å². The van der Waals surface area contributed by atoms with Crippen LogP contribution in [0, 0.1) is 11.3 Å². The molecule has 17 heavy (non-hydrogen) atoms. The van der Waals surface area contributed by atoms with Gasteiger partial charge in [0.15, 0.2) is 0 Å². The zero-order valence-electron chi connectivity index (χ0n) is 12.6. The molecule has 0 saturated carbocycles. The van der Waals surface area contributed by atoms with Gasteiger partial charge in [-0.25, -0.2) is 0 Å². The van der Waals surface area contributed by atoms with Gasteiger partial charge in [-0.2, -0.15) is 0 Å². The third kappa shape index (κ3) is 8.62. The molecular formula is C15H33NO. The van der Waals surface area contributed by atoms with E-state index in [1.54, 1.807) is 0 Å². The summed E-state index contributed by atoms with van der Waals surface area (Å²) in [7, 11) is 0. The fraction of sp³-hybridized carbons (Fsp3) is 1.00. The Kier molecular flexibility index (Phi) is 8.89. The lowest BCUT2D eigenvalue weighted by Gasteiger charge is -2.29. The molecular weight excluding hydrogens is 210 g/mol. The van der Waals surface area contributed by atoms with Gasteiger partial charge in [-0.15, -0.1) is 0 Å². The van der Waals surface area contributed by atoms with Gasteiger partial charge in [0.25, 0.3) is 0 Å². The molecule has 2 heteroatoms. The van der Waals surface area contributed by atoms with Crippen LogP contribution < -0.4 is 5.32 Å². The Labute approximate surface area is 108 Å². The molecule has 0 radical (unpaired) electrons. The van der Waals surface area contributed by atoms with Gasteiger partial charge in [0, 0.05) is 19.2 Å². The summed E-state index contributed by atoms with van der Waals surface area (Å²) in [6.45, 7) is 12.8. The Balaban J connectivity index is 3.95. The largest absolute Gasteiger partial charge is 0.396 e. The van der Waals surface area contributed by atoms with Crippen LogP contribution in [0.3, 0.4) is 0 Å². The summed E-state index contributed by atoms with van der Waals surface area (Å²) in [6.07, 6.45) is 5.77. The highest BCUT2D eigenvalue weighted by Gasteiger charge is 2.19. The van der Waals surface area contributed by atoms with Gasteiger partial charge in [0.1, 0.15) is 0 Å². The Morgan fingerprint density at radius 1 is 1.18 bits per heavy atom. The minimum atomic E-state index is 0.297. The van der Waals surface area contributed by atoms with E-state index in [-0.39, 0.29) is 0 Å². The van der Waals surface area contributed by atoms with Crippen molar-refractivity contribution in [2.24, 2.45) is 11.3 Å². The van der Waals surface area contributed by atoms with Crippen LogP contribution in [-0.2, 0) is 0 Å². The van der Waals surface area contributed by atoms with E-state index in [2.05, 4.69) is 39.9 Å². The van der Waals surface area contributed by atoms with Crippen LogP contribution >= 0.6 is 0 Å². The fourth-order valence-electron chi connectivity index (χ4n) is 2.11. The molecule has 2 N–H and O–H groups in total. The zero-order chi connectivity index (χ0) is 13.3. The summed E-state index contributed by atoms with van der Waals surface area (Å²) < 4.78 is 0. The third-order valence-corrected chi connectivity index (χ3v) is 3.76. The monoisotopic (exact) mass is 243 g/mol. The summed E-state index contributed by atoms with van der Waals surface area (Å²) in [4.78, 5) is 0. The van der Waals surface area contributed by atoms with Crippen LogP contribution in [0.15, 0.2) is 0 Å². The van der Waals surface area contributed by atoms with Crippen molar-refractivity contribution >= 4 is 0 Å². The predicted octanol–water partition coefficient (Wildman–Crippen LogP) is 3.59. The highest BCUT2D eigenvalue weighted by Crippen LogP contribution is 2.22. The van der Waals surface area contributed by atoms with E-state index in [0.717, 1.165) is 25.3 Å². The van der Waals surface area contributed by atoms with Gasteiger partial charge >= 0.3 is 0 Å². The first-order chi connectivity index (χ1) is 7.95. The smallest absolute Gasteiger partial charge is 0.0431 e. The first-order valence-electron chi connectivity index (χ1n) is 7.29. The number of nitrogens with one attached hydrogen (secondary N) is 1. The minimum absolute atomic E-state index is 0.297. The molecule has 0 rings (SSSR count). The molecule has 0 aromatic carbocycles. The first-order valence-corrected chi connectivity index (χ1v) is 7.29. The third-order valence-electron chi connectivity index (χ3n) is 3.76. The van der Waals surface area contributed by atoms with Crippen LogP contribution in [0.25, 0.3) is 0 Å². The Morgan fingerprint density at radius 2 is 1.82 bits per heavy atom. The Bertz CT molecular complexity index is 180. The van der Waals surface area contributed by atoms with Crippen LogP contribution in [0.1, 0.15) is 66.7 Å². The second-order valence-electron chi connectivity index (χ2n) is 6.23. The number of aliphatic hydroxyl groups is 1. The quantitative estimate of drug-likeness (QED) is 0.614. The number of hydrogen-bond donors (Lipinski definition) is 2. The van der Waals surface area contributed by atoms with Crippen LogP contribution in [0.5, 0.6) is 0 Å². The SMILES string of the molecule is CCC(C)CC(CC)NCC(C)(C)CCCO. The molecule has 0 saturated heterocycles. The summed E-state index contributed by atoms with van der Waals surface area (Å²) in [6, 6.07) is 0.651. The van der Waals surface area contributed by atoms with E-state index >= 15 is 0 Å². The van der Waals surface area contributed by atoms with Gasteiger partial charge in [-0.1, -0.05) is 41.0 Å². The minimum Gasteiger partial charge on any atom is -0.396 e. The maximum absolute atomic E-state index is 8.88. The van der Waals surface area contributed by atoms with E-state index < -0.39 is 0 Å². The van der Waals surface area contributed by atoms with Crippen LogP contribution in [0.2, 0.25) is 0 Å². The van der Waals surface area contributed by atoms with Crippen molar-refractivity contribution in [1.82, 2.24) is 5.32 Å². The van der Waals surface area contributed by atoms with Crippen LogP contribution in [0.4, 0.5) is 0 Å². The maximum Gasteiger partial charge on any atom is 0.0431 e. The normalized spacial score (nSPS) is 15.9. The lowest BCUT2D eigenvalue weighted by Crippen LogP contribution is -2.37. The van der Waals surface area contributed by atoms with Gasteiger partial charge in [0.2, 0.25) is 0 Å². The molecule has 0 amide bonds. The summed E-state index contributed by atoms with van der Waals surface area (Å²) in [5.74, 6) is 0.813. The summed E-state index contributed by atoms with van der Waals surface area (Å²) in [5, 5.41) is 12.6. The molecule has 0 bridgehead atoms. The van der Waals surface area contributed by atoms with Crippen molar-refractivity contribution < 1.29 is 5.11 Å². The van der Waals surface area contributed by atoms with Crippen molar-refractivity contribution in [2.45, 2.75) is 72.8 Å². The fourth-order valence-corrected chi connectivity index (χ4v) is 2.11. The van der Waals surface area contributed by atoms with Crippen molar-refractivity contribution in [1.29, 1.82) is 0 Å². The summed E-state index contributed by atoms with van der Waals surface area (Å²) in [5.41, 5.74) is 0.297. The Hall–Kier alpha value is -0.0800. The number of rotatable bonds is 10. The molecule has 104 valence electrons. The second kappa shape index (κ2) is 8.93. The Morgan fingerprint density at radius 3 is 2.29 bits per heavy atom. The van der Waals surface area contributed by atoms with E-state index in [0.29, 0.717) is 18.1 Å². The highest BCUT2D eigenvalue weighted by molar-refractivity contribution is 4.76.